The molecule has 3 rings (SSSR count). The van der Waals surface area contributed by atoms with E-state index in [1.165, 1.54) is 18.4 Å². The fraction of sp³-hybridized carbons (Fsp3) is 0.154. The molecule has 1 aromatic carbocycles. The number of para-hydroxylation sites is 1. The first kappa shape index (κ1) is 11.9. The van der Waals surface area contributed by atoms with Crippen molar-refractivity contribution in [3.05, 3.63) is 39.6 Å². The highest BCUT2D eigenvalue weighted by Gasteiger charge is 2.19. The standard InChI is InChI=1S/C13H10N2O3S/c1-15-6-19-11-7-4-3-5-8(13(17)18-2)9(7)14-12(16)10(11)15/h3-6H,1-2H3/p+1. The molecular weight excluding hydrogens is 264 g/mol. The van der Waals surface area contributed by atoms with Crippen molar-refractivity contribution in [2.24, 2.45) is 7.05 Å². The van der Waals surface area contributed by atoms with Crippen LogP contribution in [0.15, 0.2) is 28.5 Å². The molecular formula is C13H11N2O3S+. The maximum Gasteiger partial charge on any atom is 0.339 e. The Morgan fingerprint density at radius 2 is 2.21 bits per heavy atom. The van der Waals surface area contributed by atoms with Gasteiger partial charge in [-0.25, -0.2) is 4.79 Å². The van der Waals surface area contributed by atoms with Crippen molar-refractivity contribution in [1.82, 2.24) is 4.98 Å². The van der Waals surface area contributed by atoms with Gasteiger partial charge in [0.05, 0.1) is 18.2 Å². The zero-order valence-corrected chi connectivity index (χ0v) is 11.2. The van der Waals surface area contributed by atoms with Gasteiger partial charge in [0.2, 0.25) is 5.51 Å². The minimum absolute atomic E-state index is 0.206. The fourth-order valence-corrected chi connectivity index (χ4v) is 3.20. The average molecular weight is 275 g/mol. The number of carbonyl (C=O) groups is 1. The highest BCUT2D eigenvalue weighted by Crippen LogP contribution is 2.25. The van der Waals surface area contributed by atoms with E-state index < -0.39 is 5.97 Å². The molecule has 3 aromatic rings. The van der Waals surface area contributed by atoms with E-state index in [1.807, 2.05) is 18.6 Å². The minimum atomic E-state index is -0.457. The predicted molar refractivity (Wildman–Crippen MR) is 72.5 cm³/mol. The van der Waals surface area contributed by atoms with E-state index >= 15 is 0 Å². The smallest absolute Gasteiger partial charge is 0.339 e. The van der Waals surface area contributed by atoms with E-state index in [1.54, 1.807) is 16.7 Å². The van der Waals surface area contributed by atoms with Gasteiger partial charge in [-0.3, -0.25) is 4.79 Å². The van der Waals surface area contributed by atoms with Crippen LogP contribution in [-0.2, 0) is 11.8 Å². The molecule has 2 heterocycles. The lowest BCUT2D eigenvalue weighted by Gasteiger charge is -2.03. The van der Waals surface area contributed by atoms with Crippen LogP contribution < -0.4 is 10.1 Å². The molecule has 0 bridgehead atoms. The first-order chi connectivity index (χ1) is 9.13. The van der Waals surface area contributed by atoms with Crippen LogP contribution in [0.3, 0.4) is 0 Å². The molecule has 19 heavy (non-hydrogen) atoms. The second-order valence-corrected chi connectivity index (χ2v) is 5.04. The lowest BCUT2D eigenvalue weighted by molar-refractivity contribution is -0.640. The number of rotatable bonds is 1. The number of pyridine rings is 1. The molecule has 0 aliphatic rings. The summed E-state index contributed by atoms with van der Waals surface area (Å²) in [7, 11) is 3.15. The molecule has 0 radical (unpaired) electrons. The Morgan fingerprint density at radius 1 is 1.42 bits per heavy atom. The minimum Gasteiger partial charge on any atom is -0.465 e. The number of hydrogen-bond acceptors (Lipinski definition) is 4. The number of benzene rings is 1. The van der Waals surface area contributed by atoms with Crippen LogP contribution in [0.1, 0.15) is 10.4 Å². The monoisotopic (exact) mass is 275 g/mol. The number of nitrogens with zero attached hydrogens (tertiary/aromatic N) is 1. The molecule has 5 nitrogen and oxygen atoms in total. The molecule has 0 saturated heterocycles. The van der Waals surface area contributed by atoms with E-state index in [0.29, 0.717) is 16.6 Å². The van der Waals surface area contributed by atoms with Gasteiger partial charge in [-0.05, 0) is 6.07 Å². The van der Waals surface area contributed by atoms with Crippen LogP contribution in [-0.4, -0.2) is 18.1 Å². The molecule has 0 spiro atoms. The molecule has 2 aromatic heterocycles. The summed E-state index contributed by atoms with van der Waals surface area (Å²) in [4.78, 5) is 26.6. The van der Waals surface area contributed by atoms with Gasteiger partial charge in [-0.2, -0.15) is 4.57 Å². The first-order valence-corrected chi connectivity index (χ1v) is 6.51. The number of carbonyl (C=O) groups excluding carboxylic acids is 1. The van der Waals surface area contributed by atoms with Crippen LogP contribution >= 0.6 is 11.3 Å². The van der Waals surface area contributed by atoms with Gasteiger partial charge >= 0.3 is 11.5 Å². The SMILES string of the molecule is COC(=O)c1cccc2c1[nH]c(=O)c1c2sc[n+]1C. The zero-order valence-electron chi connectivity index (χ0n) is 10.4. The zero-order chi connectivity index (χ0) is 13.6. The number of thiazole rings is 1. The Kier molecular flexibility index (Phi) is 2.60. The van der Waals surface area contributed by atoms with E-state index in [4.69, 9.17) is 4.74 Å². The second kappa shape index (κ2) is 4.17. The van der Waals surface area contributed by atoms with Crippen molar-refractivity contribution in [3.63, 3.8) is 0 Å². The molecule has 0 fully saturated rings. The number of esters is 1. The Balaban J connectivity index is 2.53. The molecule has 0 amide bonds. The van der Waals surface area contributed by atoms with E-state index in [9.17, 15) is 9.59 Å². The number of aromatic nitrogens is 2. The summed E-state index contributed by atoms with van der Waals surface area (Å²) in [6.45, 7) is 0. The summed E-state index contributed by atoms with van der Waals surface area (Å²) >= 11 is 1.48. The lowest BCUT2D eigenvalue weighted by atomic mass is 10.1. The van der Waals surface area contributed by atoms with Crippen LogP contribution in [0, 0.1) is 0 Å². The number of nitrogens with one attached hydrogen (secondary N) is 1. The third-order valence-corrected chi connectivity index (χ3v) is 4.14. The topological polar surface area (TPSA) is 63.0 Å². The van der Waals surface area contributed by atoms with Gasteiger partial charge in [-0.1, -0.05) is 23.5 Å². The summed E-state index contributed by atoms with van der Waals surface area (Å²) < 4.78 is 7.39. The highest BCUT2D eigenvalue weighted by atomic mass is 32.1. The van der Waals surface area contributed by atoms with Crippen molar-refractivity contribution in [3.8, 4) is 0 Å². The predicted octanol–water partition coefficient (Wildman–Crippen LogP) is 1.35. The Bertz CT molecular complexity index is 863. The number of aryl methyl sites for hydroxylation is 1. The average Bonchev–Trinajstić information content (AvgIpc) is 2.80. The van der Waals surface area contributed by atoms with Crippen molar-refractivity contribution in [1.29, 1.82) is 0 Å². The van der Waals surface area contributed by atoms with Gasteiger partial charge in [0.25, 0.3) is 5.52 Å². The fourth-order valence-electron chi connectivity index (χ4n) is 2.18. The number of aromatic amines is 1. The summed E-state index contributed by atoms with van der Waals surface area (Å²) in [6.07, 6.45) is 0. The van der Waals surface area contributed by atoms with E-state index in [0.717, 1.165) is 10.1 Å². The Morgan fingerprint density at radius 3 is 2.95 bits per heavy atom. The van der Waals surface area contributed by atoms with Crippen molar-refractivity contribution in [2.75, 3.05) is 7.11 Å². The summed E-state index contributed by atoms with van der Waals surface area (Å²) in [5.74, 6) is -0.457. The normalized spacial score (nSPS) is 11.1. The van der Waals surface area contributed by atoms with Gasteiger partial charge in [-0.15, -0.1) is 0 Å². The molecule has 0 aliphatic heterocycles. The van der Waals surface area contributed by atoms with Crippen LogP contribution in [0.4, 0.5) is 0 Å². The van der Waals surface area contributed by atoms with Gasteiger partial charge in [0, 0.05) is 5.39 Å². The molecule has 6 heteroatoms. The van der Waals surface area contributed by atoms with Crippen molar-refractivity contribution < 1.29 is 14.1 Å². The third-order valence-electron chi connectivity index (χ3n) is 3.06. The highest BCUT2D eigenvalue weighted by molar-refractivity contribution is 7.17. The number of hydrogen-bond donors (Lipinski definition) is 1. The number of H-pyrrole nitrogens is 1. The Labute approximate surface area is 112 Å². The van der Waals surface area contributed by atoms with Crippen LogP contribution in [0.5, 0.6) is 0 Å². The van der Waals surface area contributed by atoms with Crippen molar-refractivity contribution in [2.45, 2.75) is 0 Å². The molecule has 0 unspecified atom stereocenters. The van der Waals surface area contributed by atoms with Gasteiger partial charge in [0.1, 0.15) is 11.7 Å². The number of methoxy groups -OCH3 is 1. The van der Waals surface area contributed by atoms with Gasteiger partial charge < -0.3 is 9.72 Å². The van der Waals surface area contributed by atoms with Crippen LogP contribution in [0.2, 0.25) is 0 Å². The number of fused-ring (bicyclic) bond motifs is 3. The van der Waals surface area contributed by atoms with Crippen LogP contribution in [0.25, 0.3) is 21.1 Å². The first-order valence-electron chi connectivity index (χ1n) is 5.63. The summed E-state index contributed by atoms with van der Waals surface area (Å²) in [6, 6.07) is 5.31. The molecule has 1 N–H and O–H groups in total. The van der Waals surface area contributed by atoms with E-state index in [2.05, 4.69) is 4.98 Å². The Hall–Kier alpha value is -2.21. The maximum absolute atomic E-state index is 12.1. The number of ether oxygens (including phenoxy) is 1. The van der Waals surface area contributed by atoms with E-state index in [-0.39, 0.29) is 5.56 Å². The van der Waals surface area contributed by atoms with Gasteiger partial charge in [0.15, 0.2) is 0 Å². The maximum atomic E-state index is 12.1. The second-order valence-electron chi connectivity index (χ2n) is 4.19. The largest absolute Gasteiger partial charge is 0.465 e. The summed E-state index contributed by atoms with van der Waals surface area (Å²) in [5.41, 5.74) is 3.16. The summed E-state index contributed by atoms with van der Waals surface area (Å²) in [5, 5.41) is 0.850. The molecule has 0 atom stereocenters. The molecule has 0 aliphatic carbocycles. The van der Waals surface area contributed by atoms with Crippen molar-refractivity contribution >= 4 is 38.4 Å². The molecule has 96 valence electrons. The quantitative estimate of drug-likeness (QED) is 0.538. The third kappa shape index (κ3) is 1.64. The lowest BCUT2D eigenvalue weighted by Crippen LogP contribution is -2.30. The molecule has 0 saturated carbocycles.